The van der Waals surface area contributed by atoms with E-state index >= 15 is 0 Å². The van der Waals surface area contributed by atoms with Crippen molar-refractivity contribution in [2.45, 2.75) is 33.1 Å². The first kappa shape index (κ1) is 17.7. The zero-order valence-corrected chi connectivity index (χ0v) is 16.7. The Balaban J connectivity index is 1.71. The zero-order chi connectivity index (χ0) is 19.0. The van der Waals surface area contributed by atoms with Crippen LogP contribution < -0.4 is 4.74 Å². The lowest BCUT2D eigenvalue weighted by Crippen LogP contribution is -2.10. The summed E-state index contributed by atoms with van der Waals surface area (Å²) < 4.78 is 7.40. The van der Waals surface area contributed by atoms with Gasteiger partial charge in [-0.25, -0.2) is 0 Å². The molecule has 2 aromatic carbocycles. The van der Waals surface area contributed by atoms with Gasteiger partial charge in [-0.2, -0.15) is 9.61 Å². The Labute approximate surface area is 162 Å². The van der Waals surface area contributed by atoms with E-state index in [0.29, 0.717) is 6.61 Å². The van der Waals surface area contributed by atoms with Crippen LogP contribution in [0.1, 0.15) is 33.3 Å². The maximum Gasteiger partial charge on any atom is 0.235 e. The molecule has 0 radical (unpaired) electrons. The van der Waals surface area contributed by atoms with Gasteiger partial charge in [-0.3, -0.25) is 0 Å². The molecule has 0 saturated heterocycles. The Kier molecular flexibility index (Phi) is 4.44. The van der Waals surface area contributed by atoms with Crippen LogP contribution >= 0.6 is 11.3 Å². The largest absolute Gasteiger partial charge is 0.494 e. The maximum absolute atomic E-state index is 5.59. The van der Waals surface area contributed by atoms with Crippen LogP contribution in [0, 0.1) is 0 Å². The number of nitrogens with zero attached hydrogens (tertiary/aromatic N) is 4. The van der Waals surface area contributed by atoms with Crippen LogP contribution in [0.2, 0.25) is 0 Å². The minimum Gasteiger partial charge on any atom is -0.494 e. The summed E-state index contributed by atoms with van der Waals surface area (Å²) in [7, 11) is 0. The molecule has 27 heavy (non-hydrogen) atoms. The van der Waals surface area contributed by atoms with Gasteiger partial charge in [0.15, 0.2) is 5.82 Å². The zero-order valence-electron chi connectivity index (χ0n) is 15.9. The molecule has 2 aromatic heterocycles. The van der Waals surface area contributed by atoms with E-state index in [1.165, 1.54) is 5.56 Å². The summed E-state index contributed by atoms with van der Waals surface area (Å²) in [5, 5.41) is 14.3. The van der Waals surface area contributed by atoms with Gasteiger partial charge in [0, 0.05) is 11.1 Å². The summed E-state index contributed by atoms with van der Waals surface area (Å²) in [4.78, 5) is 0.779. The molecule has 0 amide bonds. The van der Waals surface area contributed by atoms with Crippen LogP contribution in [0.15, 0.2) is 48.5 Å². The Morgan fingerprint density at radius 1 is 1.00 bits per heavy atom. The first-order valence-electron chi connectivity index (χ1n) is 9.02. The predicted octanol–water partition coefficient (Wildman–Crippen LogP) is 5.22. The van der Waals surface area contributed by atoms with E-state index in [-0.39, 0.29) is 5.41 Å². The van der Waals surface area contributed by atoms with E-state index in [2.05, 4.69) is 55.2 Å². The highest BCUT2D eigenvalue weighted by Crippen LogP contribution is 2.31. The SMILES string of the molecule is CCOc1cccc(-c2nnc3sc(-c4ccc(C(C)(C)C)cc4)nn23)c1. The fraction of sp³-hybridized carbons (Fsp3) is 0.286. The molecule has 0 aliphatic carbocycles. The molecule has 0 fully saturated rings. The molecular weight excluding hydrogens is 356 g/mol. The van der Waals surface area contributed by atoms with Gasteiger partial charge in [-0.05, 0) is 30.0 Å². The van der Waals surface area contributed by atoms with Crippen LogP contribution in [0.5, 0.6) is 5.75 Å². The number of rotatable bonds is 4. The standard InChI is InChI=1S/C21H22N4OS/c1-5-26-17-8-6-7-15(13-17)18-22-23-20-25(18)24-19(27-20)14-9-11-16(12-10-14)21(2,3)4/h6-13H,5H2,1-4H3. The second kappa shape index (κ2) is 6.78. The second-order valence-corrected chi connectivity index (χ2v) is 8.37. The predicted molar refractivity (Wildman–Crippen MR) is 109 cm³/mol. The van der Waals surface area contributed by atoms with Crippen molar-refractivity contribution in [3.63, 3.8) is 0 Å². The first-order valence-corrected chi connectivity index (χ1v) is 9.84. The highest BCUT2D eigenvalue weighted by Gasteiger charge is 2.17. The van der Waals surface area contributed by atoms with E-state index in [0.717, 1.165) is 32.7 Å². The van der Waals surface area contributed by atoms with Crippen molar-refractivity contribution in [2.24, 2.45) is 0 Å². The topological polar surface area (TPSA) is 52.3 Å². The fourth-order valence-electron chi connectivity index (χ4n) is 2.92. The molecule has 0 aliphatic heterocycles. The lowest BCUT2D eigenvalue weighted by atomic mass is 9.87. The number of hydrogen-bond acceptors (Lipinski definition) is 5. The average molecular weight is 379 g/mol. The van der Waals surface area contributed by atoms with Crippen molar-refractivity contribution in [3.05, 3.63) is 54.1 Å². The Morgan fingerprint density at radius 2 is 1.78 bits per heavy atom. The Morgan fingerprint density at radius 3 is 2.48 bits per heavy atom. The monoisotopic (exact) mass is 378 g/mol. The molecule has 5 nitrogen and oxygen atoms in total. The Bertz CT molecular complexity index is 1070. The smallest absolute Gasteiger partial charge is 0.235 e. The second-order valence-electron chi connectivity index (χ2n) is 7.41. The minimum atomic E-state index is 0.138. The maximum atomic E-state index is 5.59. The van der Waals surface area contributed by atoms with Gasteiger partial charge in [0.05, 0.1) is 6.61 Å². The first-order chi connectivity index (χ1) is 13.0. The van der Waals surface area contributed by atoms with Crippen molar-refractivity contribution < 1.29 is 4.74 Å². The summed E-state index contributed by atoms with van der Waals surface area (Å²) >= 11 is 1.54. The number of benzene rings is 2. The summed E-state index contributed by atoms with van der Waals surface area (Å²) in [5.74, 6) is 1.54. The fourth-order valence-corrected chi connectivity index (χ4v) is 3.76. The van der Waals surface area contributed by atoms with Crippen LogP contribution in [0.4, 0.5) is 0 Å². The van der Waals surface area contributed by atoms with Gasteiger partial charge in [0.25, 0.3) is 0 Å². The molecule has 138 valence electrons. The van der Waals surface area contributed by atoms with Crippen LogP contribution in [-0.2, 0) is 5.41 Å². The summed E-state index contributed by atoms with van der Waals surface area (Å²) in [6.07, 6.45) is 0. The van der Waals surface area contributed by atoms with Crippen molar-refractivity contribution in [1.82, 2.24) is 19.8 Å². The molecule has 0 saturated carbocycles. The van der Waals surface area contributed by atoms with E-state index in [9.17, 15) is 0 Å². The summed E-state index contributed by atoms with van der Waals surface area (Å²) in [6.45, 7) is 9.25. The molecule has 4 rings (SSSR count). The minimum absolute atomic E-state index is 0.138. The highest BCUT2D eigenvalue weighted by atomic mass is 32.1. The van der Waals surface area contributed by atoms with Crippen LogP contribution in [-0.4, -0.2) is 26.4 Å². The van der Waals surface area contributed by atoms with E-state index in [4.69, 9.17) is 9.84 Å². The van der Waals surface area contributed by atoms with Crippen molar-refractivity contribution in [2.75, 3.05) is 6.61 Å². The molecule has 0 unspecified atom stereocenters. The van der Waals surface area contributed by atoms with Gasteiger partial charge < -0.3 is 4.74 Å². The average Bonchev–Trinajstić information content (AvgIpc) is 3.22. The van der Waals surface area contributed by atoms with Gasteiger partial charge in [0.2, 0.25) is 4.96 Å². The molecule has 0 atom stereocenters. The summed E-state index contributed by atoms with van der Waals surface area (Å²) in [6, 6.07) is 16.5. The molecule has 4 aromatic rings. The third-order valence-electron chi connectivity index (χ3n) is 4.39. The van der Waals surface area contributed by atoms with Crippen molar-refractivity contribution in [3.8, 4) is 27.7 Å². The van der Waals surface area contributed by atoms with E-state index < -0.39 is 0 Å². The van der Waals surface area contributed by atoms with Gasteiger partial charge >= 0.3 is 0 Å². The molecule has 2 heterocycles. The molecule has 0 bridgehead atoms. The quantitative estimate of drug-likeness (QED) is 0.489. The number of hydrogen-bond donors (Lipinski definition) is 0. The number of ether oxygens (including phenoxy) is 1. The lowest BCUT2D eigenvalue weighted by Gasteiger charge is -2.18. The van der Waals surface area contributed by atoms with Crippen molar-refractivity contribution >= 4 is 16.3 Å². The van der Waals surface area contributed by atoms with Gasteiger partial charge in [-0.15, -0.1) is 10.2 Å². The number of aromatic nitrogens is 4. The van der Waals surface area contributed by atoms with Gasteiger partial charge in [-0.1, -0.05) is 68.5 Å². The van der Waals surface area contributed by atoms with E-state index in [1.807, 2.05) is 35.7 Å². The van der Waals surface area contributed by atoms with Gasteiger partial charge in [0.1, 0.15) is 10.8 Å². The number of fused-ring (bicyclic) bond motifs is 1. The molecule has 0 spiro atoms. The van der Waals surface area contributed by atoms with Crippen LogP contribution in [0.25, 0.3) is 26.9 Å². The molecular formula is C21H22N4OS. The summed E-state index contributed by atoms with van der Waals surface area (Å²) in [5.41, 5.74) is 3.47. The molecule has 0 aliphatic rings. The Hall–Kier alpha value is -2.73. The van der Waals surface area contributed by atoms with Crippen molar-refractivity contribution in [1.29, 1.82) is 0 Å². The van der Waals surface area contributed by atoms with E-state index in [1.54, 1.807) is 11.3 Å². The lowest BCUT2D eigenvalue weighted by molar-refractivity contribution is 0.340. The normalized spacial score (nSPS) is 11.9. The van der Waals surface area contributed by atoms with Crippen LogP contribution in [0.3, 0.4) is 0 Å². The third kappa shape index (κ3) is 3.45. The molecule has 0 N–H and O–H groups in total. The molecule has 6 heteroatoms. The highest BCUT2D eigenvalue weighted by molar-refractivity contribution is 7.19. The third-order valence-corrected chi connectivity index (χ3v) is 5.34.